The molecule has 29 heteroatoms. The molecule has 0 unspecified atom stereocenters. The van der Waals surface area contributed by atoms with E-state index in [1.807, 2.05) is 101 Å². The Labute approximate surface area is 435 Å². The smallest absolute Gasteiger partial charge is 0.170 e. The summed E-state index contributed by atoms with van der Waals surface area (Å²) in [6.45, 7) is 27.7. The molecule has 29 nitrogen and oxygen atoms in total. The predicted octanol–water partition coefficient (Wildman–Crippen LogP) is 3.95. The monoisotopic (exact) mass is 1020 g/mol. The highest BCUT2D eigenvalue weighted by Crippen LogP contribution is 1.91. The first-order valence-electron chi connectivity index (χ1n) is 22.2. The number of aromatic nitrogens is 29. The van der Waals surface area contributed by atoms with E-state index in [0.717, 1.165) is 68.8 Å². The van der Waals surface area contributed by atoms with Crippen molar-refractivity contribution in [2.45, 2.75) is 104 Å². The molecule has 0 spiro atoms. The van der Waals surface area contributed by atoms with Crippen molar-refractivity contribution < 1.29 is 0 Å². The van der Waals surface area contributed by atoms with Crippen LogP contribution in [0.25, 0.3) is 0 Å². The molecule has 75 heavy (non-hydrogen) atoms. The molecule has 10 aromatic rings. The lowest BCUT2D eigenvalue weighted by Gasteiger charge is -1.88. The van der Waals surface area contributed by atoms with Crippen LogP contribution in [-0.4, -0.2) is 147 Å². The van der Waals surface area contributed by atoms with Crippen LogP contribution < -0.4 is 0 Å². The SMILES string of the molecule is Cc1ccc(C)nn1.Cc1ccnnc1.Cc1cnc(C)nn1.Cc1cncnn1.Cc1cnnc(C)n1.Cc1cnncn1.Cc1nccnn1.Cc1ncnc(C)n1.Cc1ncncn1.Cc1nnc(C)nn1. The molecule has 10 heterocycles. The maximum absolute atomic E-state index is 4.00. The fraction of sp³-hybridized carbons (Fsp3) is 0.326. The highest BCUT2D eigenvalue weighted by Gasteiger charge is 1.89. The van der Waals surface area contributed by atoms with Crippen molar-refractivity contribution in [3.05, 3.63) is 186 Å². The Morgan fingerprint density at radius 2 is 0.773 bits per heavy atom. The molecule has 390 valence electrons. The van der Waals surface area contributed by atoms with Gasteiger partial charge < -0.3 is 0 Å². The summed E-state index contributed by atoms with van der Waals surface area (Å²) in [5.74, 6) is 5.68. The van der Waals surface area contributed by atoms with E-state index < -0.39 is 0 Å². The van der Waals surface area contributed by atoms with E-state index in [4.69, 9.17) is 0 Å². The lowest BCUT2D eigenvalue weighted by molar-refractivity contribution is 0.767. The maximum atomic E-state index is 4.00. The van der Waals surface area contributed by atoms with E-state index in [1.54, 1.807) is 70.3 Å². The van der Waals surface area contributed by atoms with Crippen molar-refractivity contribution in [1.29, 1.82) is 0 Å². The van der Waals surface area contributed by atoms with E-state index in [0.29, 0.717) is 17.5 Å². The number of rotatable bonds is 0. The van der Waals surface area contributed by atoms with Crippen LogP contribution in [0.4, 0.5) is 0 Å². The Kier molecular flexibility index (Phi) is 33.6. The molecule has 0 N–H and O–H groups in total. The van der Waals surface area contributed by atoms with Crippen molar-refractivity contribution in [2.24, 2.45) is 0 Å². The highest BCUT2D eigenvalue weighted by atomic mass is 15.3. The quantitative estimate of drug-likeness (QED) is 0.207. The average molecular weight is 1020 g/mol. The molecule has 0 atom stereocenters. The summed E-state index contributed by atoms with van der Waals surface area (Å²) in [7, 11) is 0. The maximum Gasteiger partial charge on any atom is 0.170 e. The lowest BCUT2D eigenvalue weighted by Crippen LogP contribution is -1.97. The summed E-state index contributed by atoms with van der Waals surface area (Å²) in [5.41, 5.74) is 6.60. The van der Waals surface area contributed by atoms with Gasteiger partial charge >= 0.3 is 0 Å². The second-order valence-corrected chi connectivity index (χ2v) is 14.5. The van der Waals surface area contributed by atoms with Gasteiger partial charge in [0.15, 0.2) is 11.6 Å². The van der Waals surface area contributed by atoms with Gasteiger partial charge in [-0.25, -0.2) is 54.8 Å². The van der Waals surface area contributed by atoms with E-state index in [2.05, 4.69) is 147 Å². The zero-order chi connectivity index (χ0) is 55.5. The number of nitrogens with zero attached hydrogens (tertiary/aromatic N) is 29. The van der Waals surface area contributed by atoms with Crippen LogP contribution >= 0.6 is 0 Å². The minimum atomic E-state index is 0.607. The zero-order valence-corrected chi connectivity index (χ0v) is 44.7. The first kappa shape index (κ1) is 63.2. The normalized spacial score (nSPS) is 9.00. The minimum Gasteiger partial charge on any atom is -0.241 e. The van der Waals surface area contributed by atoms with Crippen LogP contribution in [0.3, 0.4) is 0 Å². The topological polar surface area (TPSA) is 374 Å². The molecule has 0 amide bonds. The summed E-state index contributed by atoms with van der Waals surface area (Å²) < 4.78 is 0. The van der Waals surface area contributed by atoms with Crippen molar-refractivity contribution >= 4 is 0 Å². The van der Waals surface area contributed by atoms with Gasteiger partial charge in [0.25, 0.3) is 0 Å². The third-order valence-corrected chi connectivity index (χ3v) is 7.17. The summed E-state index contributed by atoms with van der Waals surface area (Å²) >= 11 is 0. The number of hydrogen-bond donors (Lipinski definition) is 0. The van der Waals surface area contributed by atoms with Crippen molar-refractivity contribution in [3.63, 3.8) is 0 Å². The molecule has 0 fully saturated rings. The Morgan fingerprint density at radius 1 is 0.227 bits per heavy atom. The Balaban J connectivity index is 0.000000417. The van der Waals surface area contributed by atoms with Crippen LogP contribution in [0.15, 0.2) is 99.4 Å². The summed E-state index contributed by atoms with van der Waals surface area (Å²) in [5, 5.41) is 65.8. The van der Waals surface area contributed by atoms with Crippen molar-refractivity contribution in [3.8, 4) is 0 Å². The van der Waals surface area contributed by atoms with Gasteiger partial charge in [0.05, 0.1) is 71.3 Å². The van der Waals surface area contributed by atoms with Crippen LogP contribution in [0.5, 0.6) is 0 Å². The molecular formula is C46H61N29. The second kappa shape index (κ2) is 39.8. The van der Waals surface area contributed by atoms with Gasteiger partial charge in [0.2, 0.25) is 0 Å². The summed E-state index contributed by atoms with van der Waals surface area (Å²) in [6.07, 6.45) is 20.5. The Morgan fingerprint density at radius 3 is 1.07 bits per heavy atom. The molecule has 10 rings (SSSR count). The first-order valence-corrected chi connectivity index (χ1v) is 22.2. The van der Waals surface area contributed by atoms with Crippen LogP contribution in [0, 0.1) is 104 Å². The molecule has 0 aliphatic carbocycles. The van der Waals surface area contributed by atoms with E-state index >= 15 is 0 Å². The average Bonchev–Trinajstić information content (AvgIpc) is 3.39. The Bertz CT molecular complexity index is 2440. The van der Waals surface area contributed by atoms with Gasteiger partial charge in [-0.3, -0.25) is 0 Å². The largest absolute Gasteiger partial charge is 0.241 e. The molecule has 0 bridgehead atoms. The van der Waals surface area contributed by atoms with Gasteiger partial charge in [0, 0.05) is 12.4 Å². The van der Waals surface area contributed by atoms with Gasteiger partial charge in [-0.15, -0.1) is 45.9 Å². The molecule has 0 saturated carbocycles. The van der Waals surface area contributed by atoms with Gasteiger partial charge in [-0.2, -0.15) is 45.9 Å². The minimum absolute atomic E-state index is 0.607. The standard InChI is InChI=1S/C6H8N2.3C5H7N3.C5H6N2.C4H6N4.4C4H5N3/c1-5-3-4-6(2)8-7-5;1-4-6-3-7-5(2)8-4;1-4-3-6-8-5(2)7-4;1-4-3-6-5(2)8-7-4;1-5-2-3-6-7-4-5;1-3-5-7-4(2)8-6-3;1-4-6-2-5-3-7-4;1-4-2-6-7-3-5-4;1-4-2-5-3-6-7-4;1-4-5-2-3-6-7-4/h3-4H,1-2H3;3*3H,1-2H3;2-4H,1H3;1-2H3;4*2-3H,1H3. The summed E-state index contributed by atoms with van der Waals surface area (Å²) in [6, 6.07) is 5.80. The van der Waals surface area contributed by atoms with Gasteiger partial charge in [-0.1, -0.05) is 0 Å². The number of hydrogen-bond acceptors (Lipinski definition) is 29. The van der Waals surface area contributed by atoms with E-state index in [1.165, 1.54) is 31.6 Å². The molecule has 0 aromatic carbocycles. The van der Waals surface area contributed by atoms with Crippen molar-refractivity contribution in [2.75, 3.05) is 0 Å². The van der Waals surface area contributed by atoms with Crippen molar-refractivity contribution in [1.82, 2.24) is 147 Å². The fourth-order valence-corrected chi connectivity index (χ4v) is 3.75. The third kappa shape index (κ3) is 38.6. The molecule has 0 saturated heterocycles. The Hall–Kier alpha value is -9.83. The molecule has 0 aliphatic rings. The second-order valence-electron chi connectivity index (χ2n) is 14.5. The predicted molar refractivity (Wildman–Crippen MR) is 272 cm³/mol. The molecular weight excluding hydrogens is 959 g/mol. The lowest BCUT2D eigenvalue weighted by atomic mass is 10.4. The summed E-state index contributed by atoms with van der Waals surface area (Å²) in [4.78, 5) is 42.0. The number of aryl methyl sites for hydroxylation is 15. The zero-order valence-electron chi connectivity index (χ0n) is 44.7. The highest BCUT2D eigenvalue weighted by molar-refractivity contribution is 5.03. The first-order chi connectivity index (χ1) is 35.9. The third-order valence-electron chi connectivity index (χ3n) is 7.17. The molecule has 0 radical (unpaired) electrons. The van der Waals surface area contributed by atoms with E-state index in [-0.39, 0.29) is 0 Å². The van der Waals surface area contributed by atoms with Gasteiger partial charge in [0.1, 0.15) is 66.6 Å². The fourth-order valence-electron chi connectivity index (χ4n) is 3.75. The van der Waals surface area contributed by atoms with Crippen LogP contribution in [0.1, 0.15) is 86.3 Å². The molecule has 0 aliphatic heterocycles. The van der Waals surface area contributed by atoms with Crippen LogP contribution in [0.2, 0.25) is 0 Å². The molecule has 10 aromatic heterocycles. The van der Waals surface area contributed by atoms with E-state index in [9.17, 15) is 0 Å². The van der Waals surface area contributed by atoms with Crippen LogP contribution in [-0.2, 0) is 0 Å². The van der Waals surface area contributed by atoms with Gasteiger partial charge in [-0.05, 0) is 128 Å².